The normalized spacial score (nSPS) is 25.1. The van der Waals surface area contributed by atoms with E-state index in [1.807, 2.05) is 30.3 Å². The van der Waals surface area contributed by atoms with Gasteiger partial charge in [0, 0.05) is 49.4 Å². The Bertz CT molecular complexity index is 1090. The van der Waals surface area contributed by atoms with E-state index < -0.39 is 5.60 Å². The minimum Gasteiger partial charge on any atom is -0.387 e. The van der Waals surface area contributed by atoms with Gasteiger partial charge < -0.3 is 24.2 Å². The van der Waals surface area contributed by atoms with E-state index in [4.69, 9.17) is 4.74 Å². The predicted molar refractivity (Wildman–Crippen MR) is 131 cm³/mol. The zero-order chi connectivity index (χ0) is 23.8. The highest BCUT2D eigenvalue weighted by Gasteiger charge is 2.54. The second-order valence-corrected chi connectivity index (χ2v) is 10.3. The third-order valence-electron chi connectivity index (χ3n) is 8.20. The highest BCUT2D eigenvalue weighted by Crippen LogP contribution is 2.51. The molecule has 3 fully saturated rings. The number of ether oxygens (including phenoxy) is 1. The Balaban J connectivity index is 1.55. The molecule has 7 heteroatoms. The summed E-state index contributed by atoms with van der Waals surface area (Å²) in [6.07, 6.45) is 6.50. The van der Waals surface area contributed by atoms with Gasteiger partial charge in [-0.3, -0.25) is 9.59 Å². The van der Waals surface area contributed by atoms with E-state index in [0.29, 0.717) is 43.9 Å². The number of hydrogen-bond donors (Lipinski definition) is 1. The molecule has 1 N–H and O–H groups in total. The van der Waals surface area contributed by atoms with E-state index in [1.165, 1.54) is 0 Å². The molecule has 3 heterocycles. The molecule has 1 spiro atoms. The predicted octanol–water partition coefficient (Wildman–Crippen LogP) is 2.61. The van der Waals surface area contributed by atoms with Gasteiger partial charge in [-0.2, -0.15) is 0 Å². The van der Waals surface area contributed by atoms with Crippen molar-refractivity contribution in [2.45, 2.75) is 44.2 Å². The number of aromatic nitrogens is 1. The van der Waals surface area contributed by atoms with Gasteiger partial charge in [0.1, 0.15) is 0 Å². The Morgan fingerprint density at radius 3 is 2.47 bits per heavy atom. The quantitative estimate of drug-likeness (QED) is 0.751. The topological polar surface area (TPSA) is 75.0 Å². The van der Waals surface area contributed by atoms with Gasteiger partial charge in [-0.05, 0) is 31.9 Å². The van der Waals surface area contributed by atoms with Crippen molar-refractivity contribution in [3.8, 4) is 11.1 Å². The Hall–Kier alpha value is -2.48. The van der Waals surface area contributed by atoms with Crippen LogP contribution in [0.25, 0.3) is 11.1 Å². The molecular formula is C27H35N3O4. The minimum atomic E-state index is -0.965. The highest BCUT2D eigenvalue weighted by atomic mass is 16.5. The summed E-state index contributed by atoms with van der Waals surface area (Å²) in [6.45, 7) is 3.97. The SMILES string of the molecule is CN1CCC(O)(Cn2cc(C(=O)N3CCOCC3)c(-c3ccccc3)cc2=O)C2(CCCC2)C1. The van der Waals surface area contributed by atoms with Crippen LogP contribution >= 0.6 is 0 Å². The molecule has 1 saturated carbocycles. The van der Waals surface area contributed by atoms with Crippen LogP contribution in [0.15, 0.2) is 47.4 Å². The van der Waals surface area contributed by atoms with E-state index in [0.717, 1.165) is 44.3 Å². The van der Waals surface area contributed by atoms with Gasteiger partial charge in [0.25, 0.3) is 11.5 Å². The Morgan fingerprint density at radius 1 is 1.06 bits per heavy atom. The smallest absolute Gasteiger partial charge is 0.256 e. The molecule has 1 aromatic carbocycles. The van der Waals surface area contributed by atoms with Gasteiger partial charge >= 0.3 is 0 Å². The van der Waals surface area contributed by atoms with Crippen LogP contribution in [0.3, 0.4) is 0 Å². The summed E-state index contributed by atoms with van der Waals surface area (Å²) in [7, 11) is 2.11. The average molecular weight is 466 g/mol. The van der Waals surface area contributed by atoms with Gasteiger partial charge in [0.05, 0.1) is 30.9 Å². The molecule has 0 bridgehead atoms. The summed E-state index contributed by atoms with van der Waals surface area (Å²) in [4.78, 5) is 31.0. The number of hydrogen-bond acceptors (Lipinski definition) is 5. The zero-order valence-corrected chi connectivity index (χ0v) is 20.0. The number of aliphatic hydroxyl groups is 1. The molecule has 2 aliphatic heterocycles. The first-order valence-corrected chi connectivity index (χ1v) is 12.5. The first-order chi connectivity index (χ1) is 16.4. The number of nitrogens with zero attached hydrogens (tertiary/aromatic N) is 3. The lowest BCUT2D eigenvalue weighted by Gasteiger charge is -2.51. The maximum atomic E-state index is 13.6. The largest absolute Gasteiger partial charge is 0.387 e. The van der Waals surface area contributed by atoms with E-state index in [2.05, 4.69) is 11.9 Å². The van der Waals surface area contributed by atoms with Gasteiger partial charge in [0.15, 0.2) is 0 Å². The van der Waals surface area contributed by atoms with Crippen molar-refractivity contribution in [3.05, 3.63) is 58.5 Å². The van der Waals surface area contributed by atoms with Crippen molar-refractivity contribution >= 4 is 5.91 Å². The van der Waals surface area contributed by atoms with E-state index in [-0.39, 0.29) is 23.4 Å². The average Bonchev–Trinajstić information content (AvgIpc) is 3.33. The van der Waals surface area contributed by atoms with Gasteiger partial charge in [-0.25, -0.2) is 0 Å². The molecule has 1 unspecified atom stereocenters. The maximum absolute atomic E-state index is 13.6. The lowest BCUT2D eigenvalue weighted by atomic mass is 9.66. The third kappa shape index (κ3) is 4.21. The molecule has 1 atom stereocenters. The number of amides is 1. The fourth-order valence-electron chi connectivity index (χ4n) is 6.25. The maximum Gasteiger partial charge on any atom is 0.256 e. The zero-order valence-electron chi connectivity index (χ0n) is 20.0. The van der Waals surface area contributed by atoms with Gasteiger partial charge in [0.2, 0.25) is 0 Å². The van der Waals surface area contributed by atoms with Crippen molar-refractivity contribution in [3.63, 3.8) is 0 Å². The summed E-state index contributed by atoms with van der Waals surface area (Å²) in [5.41, 5.74) is 0.639. The molecule has 2 aromatic rings. The summed E-state index contributed by atoms with van der Waals surface area (Å²) in [6, 6.07) is 11.2. The fourth-order valence-corrected chi connectivity index (χ4v) is 6.25. The number of morpholine rings is 1. The van der Waals surface area contributed by atoms with Crippen molar-refractivity contribution in [2.24, 2.45) is 5.41 Å². The van der Waals surface area contributed by atoms with Crippen LogP contribution in [-0.2, 0) is 11.3 Å². The first-order valence-electron chi connectivity index (χ1n) is 12.5. The second-order valence-electron chi connectivity index (χ2n) is 10.3. The molecule has 3 aliphatic rings. The molecule has 7 nitrogen and oxygen atoms in total. The molecule has 0 radical (unpaired) electrons. The number of rotatable bonds is 4. The van der Waals surface area contributed by atoms with E-state index in [1.54, 1.807) is 21.7 Å². The minimum absolute atomic E-state index is 0.0955. The number of benzene rings is 1. The van der Waals surface area contributed by atoms with E-state index >= 15 is 0 Å². The van der Waals surface area contributed by atoms with Crippen LogP contribution in [0.5, 0.6) is 0 Å². The van der Waals surface area contributed by atoms with Gasteiger partial charge in [-0.15, -0.1) is 0 Å². The molecule has 182 valence electrons. The molecule has 1 aromatic heterocycles. The van der Waals surface area contributed by atoms with Crippen molar-refractivity contribution in [2.75, 3.05) is 46.4 Å². The van der Waals surface area contributed by atoms with Crippen LogP contribution in [0.1, 0.15) is 42.5 Å². The number of pyridine rings is 1. The molecule has 1 amide bonds. The number of likely N-dealkylation sites (tertiary alicyclic amines) is 1. The molecule has 1 aliphatic carbocycles. The van der Waals surface area contributed by atoms with Crippen LogP contribution in [-0.4, -0.2) is 77.4 Å². The Kier molecular flexibility index (Phi) is 6.35. The summed E-state index contributed by atoms with van der Waals surface area (Å²) in [5.74, 6) is -0.0955. The molecule has 34 heavy (non-hydrogen) atoms. The van der Waals surface area contributed by atoms with Crippen molar-refractivity contribution in [1.29, 1.82) is 0 Å². The second kappa shape index (κ2) is 9.29. The molecule has 2 saturated heterocycles. The first kappa shape index (κ1) is 23.3. The molecular weight excluding hydrogens is 430 g/mol. The van der Waals surface area contributed by atoms with Crippen LogP contribution in [0.2, 0.25) is 0 Å². The molecule has 5 rings (SSSR count). The van der Waals surface area contributed by atoms with Crippen LogP contribution in [0, 0.1) is 5.41 Å². The fraction of sp³-hybridized carbons (Fsp3) is 0.556. The van der Waals surface area contributed by atoms with Crippen molar-refractivity contribution < 1.29 is 14.6 Å². The summed E-state index contributed by atoms with van der Waals surface area (Å²) >= 11 is 0. The highest BCUT2D eigenvalue weighted by molar-refractivity contribution is 6.00. The Morgan fingerprint density at radius 2 is 1.76 bits per heavy atom. The standard InChI is InChI=1S/C27H35N3O4/c1-28-12-11-27(33,26(19-28)9-5-6-10-26)20-30-18-23(25(32)29-13-15-34-16-14-29)22(17-24(30)31)21-7-3-2-4-8-21/h2-4,7-8,17-18,33H,5-6,9-16,19-20H2,1H3. The number of carbonyl (C=O) groups excluding carboxylic acids is 1. The number of carbonyl (C=O) groups is 1. The Labute approximate surface area is 200 Å². The van der Waals surface area contributed by atoms with Crippen LogP contribution < -0.4 is 5.56 Å². The van der Waals surface area contributed by atoms with Gasteiger partial charge in [-0.1, -0.05) is 43.2 Å². The third-order valence-corrected chi connectivity index (χ3v) is 8.20. The number of piperidine rings is 1. The summed E-state index contributed by atoms with van der Waals surface area (Å²) < 4.78 is 7.02. The summed E-state index contributed by atoms with van der Waals surface area (Å²) in [5, 5.41) is 12.0. The van der Waals surface area contributed by atoms with E-state index in [9.17, 15) is 14.7 Å². The van der Waals surface area contributed by atoms with Crippen LogP contribution in [0.4, 0.5) is 0 Å². The lowest BCUT2D eigenvalue weighted by molar-refractivity contribution is -0.139. The lowest BCUT2D eigenvalue weighted by Crippen LogP contribution is -2.60. The van der Waals surface area contributed by atoms with Crippen molar-refractivity contribution in [1.82, 2.24) is 14.4 Å². The monoisotopic (exact) mass is 465 g/mol.